The van der Waals surface area contributed by atoms with Crippen LogP contribution in [0.4, 0.5) is 11.4 Å². The van der Waals surface area contributed by atoms with Gasteiger partial charge in [0.15, 0.2) is 5.82 Å². The van der Waals surface area contributed by atoms with Crippen molar-refractivity contribution in [3.8, 4) is 44.8 Å². The second-order valence-electron chi connectivity index (χ2n) is 16.2. The van der Waals surface area contributed by atoms with Crippen molar-refractivity contribution in [2.75, 3.05) is 5.01 Å². The lowest BCUT2D eigenvalue weighted by molar-refractivity contribution is 0.612. The third-order valence-corrected chi connectivity index (χ3v) is 12.5. The lowest BCUT2D eigenvalue weighted by Crippen LogP contribution is -2.25. The van der Waals surface area contributed by atoms with Crippen LogP contribution in [-0.4, -0.2) is 14.6 Å². The topological polar surface area (TPSA) is 34.0 Å². The van der Waals surface area contributed by atoms with Crippen LogP contribution in [0.25, 0.3) is 66.6 Å². The fourth-order valence-corrected chi connectivity index (χ4v) is 9.60. The summed E-state index contributed by atoms with van der Waals surface area (Å²) in [5.41, 5.74) is 16.7. The summed E-state index contributed by atoms with van der Waals surface area (Å²) in [4.78, 5) is 9.15. The highest BCUT2D eigenvalue weighted by atomic mass is 15.6. The van der Waals surface area contributed by atoms with Crippen molar-refractivity contribution in [1.29, 1.82) is 0 Å². The molecule has 4 heteroatoms. The molecule has 4 nitrogen and oxygen atoms in total. The zero-order valence-electron chi connectivity index (χ0n) is 33.1. The molecule has 11 rings (SSSR count). The number of rotatable bonds is 7. The number of aromatic nitrogens is 3. The van der Waals surface area contributed by atoms with E-state index in [2.05, 4.69) is 216 Å². The lowest BCUT2D eigenvalue weighted by atomic mass is 9.79. The van der Waals surface area contributed by atoms with Crippen molar-refractivity contribution >= 4 is 33.2 Å². The van der Waals surface area contributed by atoms with E-state index in [1.807, 2.05) is 6.07 Å². The maximum absolute atomic E-state index is 4.58. The van der Waals surface area contributed by atoms with Crippen molar-refractivity contribution in [2.45, 2.75) is 31.6 Å². The molecule has 0 N–H and O–H groups in total. The summed E-state index contributed by atoms with van der Waals surface area (Å²) in [5, 5.41) is 4.82. The van der Waals surface area contributed by atoms with E-state index >= 15 is 0 Å². The molecule has 0 amide bonds. The van der Waals surface area contributed by atoms with Crippen LogP contribution in [-0.2, 0) is 5.41 Å². The van der Waals surface area contributed by atoms with Gasteiger partial charge in [0.2, 0.25) is 0 Å². The minimum Gasteiger partial charge on any atom is -0.249 e. The van der Waals surface area contributed by atoms with Crippen LogP contribution in [0.5, 0.6) is 0 Å². The summed E-state index contributed by atoms with van der Waals surface area (Å²) in [6.07, 6.45) is 11.5. The van der Waals surface area contributed by atoms with Crippen LogP contribution in [0.2, 0.25) is 0 Å². The molecule has 2 aliphatic rings. The summed E-state index contributed by atoms with van der Waals surface area (Å²) in [6, 6.07) is 61.9. The van der Waals surface area contributed by atoms with E-state index in [4.69, 9.17) is 0 Å². The molecule has 0 saturated heterocycles. The van der Waals surface area contributed by atoms with Gasteiger partial charge in [0, 0.05) is 45.6 Å². The summed E-state index contributed by atoms with van der Waals surface area (Å²) in [6.45, 7) is 4.79. The molecule has 1 atom stereocenters. The Morgan fingerprint density at radius 1 is 0.559 bits per heavy atom. The molecule has 2 heterocycles. The van der Waals surface area contributed by atoms with E-state index in [1.54, 1.807) is 12.4 Å². The van der Waals surface area contributed by atoms with Crippen LogP contribution in [0.1, 0.15) is 37.3 Å². The molecule has 0 bridgehead atoms. The van der Waals surface area contributed by atoms with Crippen LogP contribution < -0.4 is 5.01 Å². The van der Waals surface area contributed by atoms with Gasteiger partial charge in [0.25, 0.3) is 0 Å². The standard InChI is InChI=1S/C55H42N4/c1-55(2)50-22-13-12-21-45(50)46-29-28-44(36-51(46)55)58(43-26-23-40(24-27-43)54-56-31-14-32-57-54)59-52-30-25-41(37-15-6-3-7-16-37)33-48(52)49-35-42(38-17-8-4-9-18-38)34-47(53(49)59)39-19-10-5-11-20-39/h3-20,22-36,45H,21H2,1-2H3. The third kappa shape index (κ3) is 5.82. The highest BCUT2D eigenvalue weighted by Gasteiger charge is 2.42. The molecule has 2 aliphatic carbocycles. The van der Waals surface area contributed by atoms with Crippen molar-refractivity contribution in [1.82, 2.24) is 14.6 Å². The zero-order chi connectivity index (χ0) is 39.5. The molecule has 59 heavy (non-hydrogen) atoms. The van der Waals surface area contributed by atoms with Gasteiger partial charge in [-0.1, -0.05) is 141 Å². The number of benzene rings is 7. The van der Waals surface area contributed by atoms with E-state index in [-0.39, 0.29) is 5.41 Å². The fraction of sp³-hybridized carbons (Fsp3) is 0.0909. The van der Waals surface area contributed by atoms with Gasteiger partial charge >= 0.3 is 0 Å². The van der Waals surface area contributed by atoms with E-state index < -0.39 is 0 Å². The monoisotopic (exact) mass is 758 g/mol. The number of hydrogen-bond acceptors (Lipinski definition) is 3. The average molecular weight is 759 g/mol. The van der Waals surface area contributed by atoms with Crippen LogP contribution in [0.15, 0.2) is 206 Å². The van der Waals surface area contributed by atoms with Gasteiger partial charge in [-0.2, -0.15) is 0 Å². The second-order valence-corrected chi connectivity index (χ2v) is 16.2. The summed E-state index contributed by atoms with van der Waals surface area (Å²) in [7, 11) is 0. The average Bonchev–Trinajstić information content (AvgIpc) is 3.75. The summed E-state index contributed by atoms with van der Waals surface area (Å²) < 4.78 is 2.47. The van der Waals surface area contributed by atoms with Gasteiger partial charge < -0.3 is 0 Å². The smallest absolute Gasteiger partial charge is 0.159 e. The first-order valence-electron chi connectivity index (χ1n) is 20.5. The number of hydrogen-bond donors (Lipinski definition) is 0. The van der Waals surface area contributed by atoms with E-state index in [9.17, 15) is 0 Å². The summed E-state index contributed by atoms with van der Waals surface area (Å²) in [5.74, 6) is 1.11. The molecule has 9 aromatic rings. The molecular weight excluding hydrogens is 717 g/mol. The van der Waals surface area contributed by atoms with Crippen molar-refractivity contribution < 1.29 is 0 Å². The predicted octanol–water partition coefficient (Wildman–Crippen LogP) is 14.1. The first-order valence-corrected chi connectivity index (χ1v) is 20.5. The molecule has 0 radical (unpaired) electrons. The largest absolute Gasteiger partial charge is 0.249 e. The van der Waals surface area contributed by atoms with Crippen LogP contribution >= 0.6 is 0 Å². The predicted molar refractivity (Wildman–Crippen MR) is 245 cm³/mol. The Hall–Kier alpha value is -7.30. The van der Waals surface area contributed by atoms with Gasteiger partial charge in [-0.15, -0.1) is 0 Å². The number of fused-ring (bicyclic) bond motifs is 6. The fourth-order valence-electron chi connectivity index (χ4n) is 9.60. The van der Waals surface area contributed by atoms with Gasteiger partial charge in [0.05, 0.1) is 22.4 Å². The zero-order valence-corrected chi connectivity index (χ0v) is 33.1. The van der Waals surface area contributed by atoms with E-state index in [1.165, 1.54) is 55.3 Å². The molecule has 0 saturated carbocycles. The molecule has 7 aromatic carbocycles. The van der Waals surface area contributed by atoms with Crippen molar-refractivity contribution in [3.63, 3.8) is 0 Å². The quantitative estimate of drug-likeness (QED) is 0.162. The van der Waals surface area contributed by atoms with Gasteiger partial charge in [-0.25, -0.2) is 19.7 Å². The normalized spacial score (nSPS) is 15.2. The Labute approximate surface area is 345 Å². The van der Waals surface area contributed by atoms with Crippen molar-refractivity contribution in [3.05, 3.63) is 217 Å². The highest BCUT2D eigenvalue weighted by molar-refractivity contribution is 6.16. The number of anilines is 2. The maximum atomic E-state index is 4.58. The molecule has 0 aliphatic heterocycles. The Morgan fingerprint density at radius 2 is 1.19 bits per heavy atom. The minimum absolute atomic E-state index is 0.105. The molecule has 0 fully saturated rings. The van der Waals surface area contributed by atoms with Crippen molar-refractivity contribution in [2.24, 2.45) is 0 Å². The molecule has 282 valence electrons. The number of allylic oxidation sites excluding steroid dienone is 4. The SMILES string of the molecule is CC1(C)C2=CC=CCC2c2ccc(N(c3ccc(-c4ncccn4)cc3)n3c4ccc(-c5ccccc5)cc4c4cc(-c5ccccc5)cc(-c5ccccc5)c43)cc21. The maximum Gasteiger partial charge on any atom is 0.159 e. The first kappa shape index (κ1) is 34.9. The Bertz CT molecular complexity index is 3070. The lowest BCUT2D eigenvalue weighted by Gasteiger charge is -2.31. The third-order valence-electron chi connectivity index (χ3n) is 12.5. The Kier molecular flexibility index (Phi) is 8.26. The van der Waals surface area contributed by atoms with Gasteiger partial charge in [-0.3, -0.25) is 0 Å². The highest BCUT2D eigenvalue weighted by Crippen LogP contribution is 2.54. The van der Waals surface area contributed by atoms with Gasteiger partial charge in [-0.05, 0) is 112 Å². The Morgan fingerprint density at radius 3 is 1.90 bits per heavy atom. The van der Waals surface area contributed by atoms with Crippen LogP contribution in [0, 0.1) is 0 Å². The molecule has 0 spiro atoms. The first-order chi connectivity index (χ1) is 29.0. The van der Waals surface area contributed by atoms with E-state index in [0.717, 1.165) is 40.0 Å². The molecule has 2 aromatic heterocycles. The Balaban J connectivity index is 1.24. The summed E-state index contributed by atoms with van der Waals surface area (Å²) >= 11 is 0. The van der Waals surface area contributed by atoms with Gasteiger partial charge in [0.1, 0.15) is 0 Å². The van der Waals surface area contributed by atoms with Crippen LogP contribution in [0.3, 0.4) is 0 Å². The van der Waals surface area contributed by atoms with E-state index in [0.29, 0.717) is 11.7 Å². The number of nitrogens with zero attached hydrogens (tertiary/aromatic N) is 4. The second kappa shape index (κ2) is 14.0. The molecular formula is C55H42N4. The molecule has 1 unspecified atom stereocenters. The minimum atomic E-state index is -0.105.